The number of carbonyl (C=O) groups is 1. The molecule has 1 amide bonds. The maximum atomic E-state index is 11.3. The smallest absolute Gasteiger partial charge is 0.234 e. The van der Waals surface area contributed by atoms with E-state index in [-0.39, 0.29) is 12.5 Å². The van der Waals surface area contributed by atoms with E-state index in [1.54, 1.807) is 0 Å². The Morgan fingerprint density at radius 3 is 2.88 bits per heavy atom. The highest BCUT2D eigenvalue weighted by atomic mass is 16.1. The van der Waals surface area contributed by atoms with Crippen LogP contribution in [0.25, 0.3) is 0 Å². The molecule has 0 aromatic carbocycles. The van der Waals surface area contributed by atoms with Crippen LogP contribution in [0.1, 0.15) is 39.0 Å². The minimum absolute atomic E-state index is 0.0852. The zero-order valence-corrected chi connectivity index (χ0v) is 9.96. The molecular weight excluding hydrogens is 202 g/mol. The Morgan fingerprint density at radius 2 is 2.12 bits per heavy atom. The molecule has 1 fully saturated rings. The molecule has 0 aromatic rings. The molecule has 0 aromatic heterocycles. The third-order valence-electron chi connectivity index (χ3n) is 3.25. The number of nitrogens with one attached hydrogen (secondary N) is 2. The van der Waals surface area contributed by atoms with E-state index in [1.807, 2.05) is 6.07 Å². The van der Waals surface area contributed by atoms with Gasteiger partial charge in [0.05, 0.1) is 12.6 Å². The van der Waals surface area contributed by atoms with Crippen LogP contribution in [0, 0.1) is 17.2 Å². The summed E-state index contributed by atoms with van der Waals surface area (Å²) in [5.41, 5.74) is 0. The zero-order chi connectivity index (χ0) is 11.8. The molecule has 4 heteroatoms. The van der Waals surface area contributed by atoms with Crippen LogP contribution in [0.4, 0.5) is 0 Å². The first-order chi connectivity index (χ1) is 7.74. The van der Waals surface area contributed by atoms with Crippen LogP contribution in [0.15, 0.2) is 0 Å². The van der Waals surface area contributed by atoms with Crippen LogP contribution >= 0.6 is 0 Å². The lowest BCUT2D eigenvalue weighted by Crippen LogP contribution is -2.41. The fourth-order valence-electron chi connectivity index (χ4n) is 2.22. The largest absolute Gasteiger partial charge is 0.342 e. The summed E-state index contributed by atoms with van der Waals surface area (Å²) < 4.78 is 0. The van der Waals surface area contributed by atoms with Crippen molar-refractivity contribution in [2.45, 2.75) is 45.1 Å². The fraction of sp³-hybridized carbons (Fsp3) is 0.833. The first-order valence-electron chi connectivity index (χ1n) is 6.11. The lowest BCUT2D eigenvalue weighted by atomic mass is 9.97. The maximum Gasteiger partial charge on any atom is 0.234 e. The lowest BCUT2D eigenvalue weighted by Gasteiger charge is -2.22. The Hall–Kier alpha value is -1.08. The second kappa shape index (κ2) is 7.24. The minimum atomic E-state index is -0.0852. The summed E-state index contributed by atoms with van der Waals surface area (Å²) in [6.07, 6.45) is 6.27. The van der Waals surface area contributed by atoms with Gasteiger partial charge in [0, 0.05) is 6.04 Å². The third-order valence-corrected chi connectivity index (χ3v) is 3.25. The lowest BCUT2D eigenvalue weighted by molar-refractivity contribution is -0.120. The van der Waals surface area contributed by atoms with Crippen molar-refractivity contribution in [1.82, 2.24) is 10.6 Å². The van der Waals surface area contributed by atoms with Crippen molar-refractivity contribution in [3.8, 4) is 6.07 Å². The second-order valence-electron chi connectivity index (χ2n) is 4.54. The third kappa shape index (κ3) is 4.63. The predicted octanol–water partition coefficient (Wildman–Crippen LogP) is 1.18. The number of carbonyl (C=O) groups excluding carboxylic acids is 1. The number of hydrogen-bond donors (Lipinski definition) is 2. The summed E-state index contributed by atoms with van der Waals surface area (Å²) in [5, 5.41) is 14.2. The molecule has 16 heavy (non-hydrogen) atoms. The highest BCUT2D eigenvalue weighted by Crippen LogP contribution is 2.22. The average Bonchev–Trinajstić information content (AvgIpc) is 2.48. The molecule has 0 bridgehead atoms. The SMILES string of the molecule is CC1CCCCCC1NCC(=O)NCC#N. The van der Waals surface area contributed by atoms with Crippen molar-refractivity contribution in [3.63, 3.8) is 0 Å². The van der Waals surface area contributed by atoms with Gasteiger partial charge in [-0.15, -0.1) is 0 Å². The van der Waals surface area contributed by atoms with Crippen LogP contribution in [-0.4, -0.2) is 25.0 Å². The molecule has 0 aliphatic heterocycles. The molecule has 0 heterocycles. The van der Waals surface area contributed by atoms with E-state index in [0.717, 1.165) is 6.42 Å². The summed E-state index contributed by atoms with van der Waals surface area (Å²) in [6, 6.07) is 2.35. The van der Waals surface area contributed by atoms with Gasteiger partial charge in [-0.3, -0.25) is 4.79 Å². The Kier molecular flexibility index (Phi) is 5.87. The molecule has 1 saturated carbocycles. The summed E-state index contributed by atoms with van der Waals surface area (Å²) in [7, 11) is 0. The molecule has 4 nitrogen and oxygen atoms in total. The summed E-state index contributed by atoms with van der Waals surface area (Å²) in [5.74, 6) is 0.560. The van der Waals surface area contributed by atoms with E-state index < -0.39 is 0 Å². The maximum absolute atomic E-state index is 11.3. The van der Waals surface area contributed by atoms with Gasteiger partial charge < -0.3 is 10.6 Å². The van der Waals surface area contributed by atoms with Crippen LogP contribution in [0.3, 0.4) is 0 Å². The first kappa shape index (κ1) is 13.0. The van der Waals surface area contributed by atoms with Crippen molar-refractivity contribution in [3.05, 3.63) is 0 Å². The highest BCUT2D eigenvalue weighted by Gasteiger charge is 2.19. The van der Waals surface area contributed by atoms with Gasteiger partial charge in [-0.1, -0.05) is 26.2 Å². The molecule has 1 rings (SSSR count). The van der Waals surface area contributed by atoms with Gasteiger partial charge in [-0.2, -0.15) is 5.26 Å². The van der Waals surface area contributed by atoms with E-state index in [1.165, 1.54) is 25.7 Å². The zero-order valence-electron chi connectivity index (χ0n) is 9.96. The Labute approximate surface area is 97.4 Å². The average molecular weight is 223 g/mol. The minimum Gasteiger partial charge on any atom is -0.342 e. The van der Waals surface area contributed by atoms with Gasteiger partial charge in [0.2, 0.25) is 5.91 Å². The monoisotopic (exact) mass is 223 g/mol. The molecule has 0 saturated heterocycles. The molecule has 2 atom stereocenters. The van der Waals surface area contributed by atoms with Gasteiger partial charge in [0.25, 0.3) is 0 Å². The number of hydrogen-bond acceptors (Lipinski definition) is 3. The van der Waals surface area contributed by atoms with Crippen molar-refractivity contribution in [1.29, 1.82) is 5.26 Å². The fourth-order valence-corrected chi connectivity index (χ4v) is 2.22. The number of rotatable bonds is 4. The van der Waals surface area contributed by atoms with Gasteiger partial charge in [-0.25, -0.2) is 0 Å². The van der Waals surface area contributed by atoms with Crippen molar-refractivity contribution in [2.24, 2.45) is 5.92 Å². The molecule has 90 valence electrons. The van der Waals surface area contributed by atoms with Gasteiger partial charge in [0.1, 0.15) is 6.54 Å². The van der Waals surface area contributed by atoms with Crippen molar-refractivity contribution >= 4 is 5.91 Å². The highest BCUT2D eigenvalue weighted by molar-refractivity contribution is 5.78. The number of amides is 1. The van der Waals surface area contributed by atoms with Crippen LogP contribution in [0.2, 0.25) is 0 Å². The second-order valence-corrected chi connectivity index (χ2v) is 4.54. The molecule has 0 spiro atoms. The van der Waals surface area contributed by atoms with Crippen LogP contribution in [-0.2, 0) is 4.79 Å². The summed E-state index contributed by atoms with van der Waals surface area (Å²) >= 11 is 0. The Bertz CT molecular complexity index is 259. The van der Waals surface area contributed by atoms with E-state index >= 15 is 0 Å². The van der Waals surface area contributed by atoms with E-state index in [4.69, 9.17) is 5.26 Å². The Morgan fingerprint density at radius 1 is 1.38 bits per heavy atom. The molecule has 1 aliphatic rings. The molecule has 1 aliphatic carbocycles. The number of nitrogens with zero attached hydrogens (tertiary/aromatic N) is 1. The van der Waals surface area contributed by atoms with Gasteiger partial charge in [0.15, 0.2) is 0 Å². The standard InChI is InChI=1S/C12H21N3O/c1-10-5-3-2-4-6-11(10)15-9-12(16)14-8-7-13/h10-11,15H,2-6,8-9H2,1H3,(H,14,16). The van der Waals surface area contributed by atoms with Crippen LogP contribution in [0.5, 0.6) is 0 Å². The van der Waals surface area contributed by atoms with E-state index in [0.29, 0.717) is 18.5 Å². The Balaban J connectivity index is 2.24. The quantitative estimate of drug-likeness (QED) is 0.555. The van der Waals surface area contributed by atoms with Gasteiger partial charge in [-0.05, 0) is 18.8 Å². The summed E-state index contributed by atoms with van der Waals surface area (Å²) in [6.45, 7) is 2.67. The topological polar surface area (TPSA) is 64.9 Å². The van der Waals surface area contributed by atoms with Gasteiger partial charge >= 0.3 is 0 Å². The van der Waals surface area contributed by atoms with Crippen molar-refractivity contribution in [2.75, 3.05) is 13.1 Å². The molecular formula is C12H21N3O. The number of nitriles is 1. The van der Waals surface area contributed by atoms with E-state index in [9.17, 15) is 4.79 Å². The first-order valence-corrected chi connectivity index (χ1v) is 6.11. The molecule has 2 unspecified atom stereocenters. The predicted molar refractivity (Wildman–Crippen MR) is 62.7 cm³/mol. The van der Waals surface area contributed by atoms with Crippen molar-refractivity contribution < 1.29 is 4.79 Å². The molecule has 2 N–H and O–H groups in total. The van der Waals surface area contributed by atoms with Crippen LogP contribution < -0.4 is 10.6 Å². The van der Waals surface area contributed by atoms with E-state index in [2.05, 4.69) is 17.6 Å². The summed E-state index contributed by atoms with van der Waals surface area (Å²) in [4.78, 5) is 11.3. The molecule has 0 radical (unpaired) electrons. The normalized spacial score (nSPS) is 25.5.